The summed E-state index contributed by atoms with van der Waals surface area (Å²) in [7, 11) is 0. The molecular formula is C30H46F3N3O3. The van der Waals surface area contributed by atoms with Crippen molar-refractivity contribution in [2.24, 2.45) is 39.7 Å². The molecule has 4 aliphatic rings. The first kappa shape index (κ1) is 30.1. The molecule has 0 aromatic carbocycles. The van der Waals surface area contributed by atoms with Crippen molar-refractivity contribution in [2.75, 3.05) is 19.6 Å². The maximum absolute atomic E-state index is 13.2. The van der Waals surface area contributed by atoms with Gasteiger partial charge in [0.15, 0.2) is 5.78 Å². The molecule has 9 heteroatoms. The Balaban J connectivity index is 1.43. The van der Waals surface area contributed by atoms with Crippen LogP contribution in [0.5, 0.6) is 0 Å². The van der Waals surface area contributed by atoms with Gasteiger partial charge in [0, 0.05) is 31.0 Å². The minimum absolute atomic E-state index is 0.0194. The van der Waals surface area contributed by atoms with Crippen LogP contribution in [0.4, 0.5) is 18.0 Å². The molecule has 6 atom stereocenters. The number of halogens is 3. The molecule has 0 spiro atoms. The number of rotatable bonds is 6. The molecule has 1 N–H and O–H groups in total. The fourth-order valence-electron chi connectivity index (χ4n) is 8.50. The molecule has 0 bridgehead atoms. The van der Waals surface area contributed by atoms with Gasteiger partial charge in [-0.2, -0.15) is 13.2 Å². The van der Waals surface area contributed by atoms with Crippen LogP contribution in [0, 0.1) is 34.5 Å². The first-order valence-corrected chi connectivity index (χ1v) is 14.6. The zero-order valence-corrected chi connectivity index (χ0v) is 24.4. The Kier molecular flexibility index (Phi) is 8.35. The largest absolute Gasteiger partial charge is 0.436 e. The highest BCUT2D eigenvalue weighted by molar-refractivity contribution is 5.91. The molecule has 39 heavy (non-hydrogen) atoms. The number of hydrogen-bond acceptors (Lipinski definition) is 5. The van der Waals surface area contributed by atoms with E-state index in [9.17, 15) is 22.8 Å². The van der Waals surface area contributed by atoms with Gasteiger partial charge < -0.3 is 5.32 Å². The maximum Gasteiger partial charge on any atom is 0.436 e. The van der Waals surface area contributed by atoms with Crippen LogP contribution in [-0.4, -0.2) is 53.8 Å². The van der Waals surface area contributed by atoms with E-state index in [0.717, 1.165) is 44.9 Å². The molecule has 4 rings (SSSR count). The second-order valence-electron chi connectivity index (χ2n) is 13.9. The lowest BCUT2D eigenvalue weighted by molar-refractivity contribution is -0.142. The number of allylic oxidation sites excluding steroid dienone is 1. The van der Waals surface area contributed by atoms with Gasteiger partial charge in [0.25, 0.3) is 0 Å². The summed E-state index contributed by atoms with van der Waals surface area (Å²) in [5.41, 5.74) is 1.89. The van der Waals surface area contributed by atoms with E-state index < -0.39 is 18.8 Å². The van der Waals surface area contributed by atoms with E-state index in [1.807, 2.05) is 33.8 Å². The van der Waals surface area contributed by atoms with Gasteiger partial charge >= 0.3 is 12.3 Å². The van der Waals surface area contributed by atoms with Crippen LogP contribution in [0.2, 0.25) is 0 Å². The van der Waals surface area contributed by atoms with Crippen LogP contribution in [0.25, 0.3) is 0 Å². The number of carbonyl (C=O) groups excluding carboxylic acids is 2. The Bertz CT molecular complexity index is 1020. The number of alkyl halides is 3. The second-order valence-corrected chi connectivity index (χ2v) is 13.9. The number of nitrogens with one attached hydrogen (secondary N) is 1. The van der Waals surface area contributed by atoms with Gasteiger partial charge in [-0.15, -0.1) is 0 Å². The van der Waals surface area contributed by atoms with Gasteiger partial charge in [0.2, 0.25) is 0 Å². The lowest BCUT2D eigenvalue weighted by Gasteiger charge is -2.58. The van der Waals surface area contributed by atoms with E-state index in [0.29, 0.717) is 34.8 Å². The Morgan fingerprint density at radius 1 is 1.10 bits per heavy atom. The SMILES string of the molecule is C/C(=N\OC(=O)N(CCNC(C)(C)C)CC(F)(F)F)[C@H]1CC[C@H]2[C@@H]3CCC4=CC(=O)CC[C@]4(C)[C@H]3CC[C@]12C. The zero-order valence-electron chi connectivity index (χ0n) is 24.4. The van der Waals surface area contributed by atoms with Gasteiger partial charge in [-0.1, -0.05) is 24.6 Å². The zero-order chi connectivity index (χ0) is 28.8. The lowest BCUT2D eigenvalue weighted by Crippen LogP contribution is -2.51. The molecule has 0 heterocycles. The Morgan fingerprint density at radius 3 is 2.49 bits per heavy atom. The molecule has 3 saturated carbocycles. The summed E-state index contributed by atoms with van der Waals surface area (Å²) in [6.45, 7) is 11.0. The molecule has 4 aliphatic carbocycles. The van der Waals surface area contributed by atoms with Crippen molar-refractivity contribution in [3.63, 3.8) is 0 Å². The lowest BCUT2D eigenvalue weighted by atomic mass is 9.46. The van der Waals surface area contributed by atoms with E-state index in [2.05, 4.69) is 24.3 Å². The molecule has 0 aliphatic heterocycles. The summed E-state index contributed by atoms with van der Waals surface area (Å²) < 4.78 is 39.5. The minimum Gasteiger partial charge on any atom is -0.310 e. The van der Waals surface area contributed by atoms with Crippen molar-refractivity contribution in [1.29, 1.82) is 0 Å². The summed E-state index contributed by atoms with van der Waals surface area (Å²) in [6, 6.07) is 0. The van der Waals surface area contributed by atoms with Crippen LogP contribution in [0.1, 0.15) is 92.9 Å². The summed E-state index contributed by atoms with van der Waals surface area (Å²) in [4.78, 5) is 30.6. The average molecular weight is 554 g/mol. The molecule has 0 unspecified atom stereocenters. The van der Waals surface area contributed by atoms with Crippen molar-refractivity contribution < 1.29 is 27.6 Å². The number of ketones is 1. The van der Waals surface area contributed by atoms with Gasteiger partial charge in [-0.3, -0.25) is 14.5 Å². The van der Waals surface area contributed by atoms with Crippen LogP contribution >= 0.6 is 0 Å². The molecular weight excluding hydrogens is 507 g/mol. The first-order valence-electron chi connectivity index (χ1n) is 14.6. The van der Waals surface area contributed by atoms with Crippen molar-refractivity contribution in [3.8, 4) is 0 Å². The number of amides is 1. The number of oxime groups is 1. The molecule has 1 amide bonds. The molecule has 0 aromatic heterocycles. The molecule has 0 aromatic rings. The molecule has 220 valence electrons. The quantitative estimate of drug-likeness (QED) is 0.221. The fraction of sp³-hybridized carbons (Fsp3) is 0.833. The van der Waals surface area contributed by atoms with E-state index in [1.54, 1.807) is 0 Å². The average Bonchev–Trinajstić information content (AvgIpc) is 3.18. The minimum atomic E-state index is -4.53. The van der Waals surface area contributed by atoms with Crippen molar-refractivity contribution in [1.82, 2.24) is 10.2 Å². The van der Waals surface area contributed by atoms with E-state index in [1.165, 1.54) is 5.57 Å². The van der Waals surface area contributed by atoms with Crippen LogP contribution in [0.15, 0.2) is 16.8 Å². The molecule has 0 saturated heterocycles. The van der Waals surface area contributed by atoms with Crippen LogP contribution < -0.4 is 5.32 Å². The summed E-state index contributed by atoms with van der Waals surface area (Å²) >= 11 is 0. The predicted octanol–water partition coefficient (Wildman–Crippen LogP) is 6.90. The molecule has 3 fully saturated rings. The van der Waals surface area contributed by atoms with Gasteiger partial charge in [-0.25, -0.2) is 4.79 Å². The highest BCUT2D eigenvalue weighted by atomic mass is 19.4. The summed E-state index contributed by atoms with van der Waals surface area (Å²) in [5.74, 6) is 2.10. The fourth-order valence-corrected chi connectivity index (χ4v) is 8.50. The highest BCUT2D eigenvalue weighted by Gasteiger charge is 2.59. The number of fused-ring (bicyclic) bond motifs is 5. The smallest absolute Gasteiger partial charge is 0.310 e. The molecule has 6 nitrogen and oxygen atoms in total. The second kappa shape index (κ2) is 10.8. The highest BCUT2D eigenvalue weighted by Crippen LogP contribution is 2.66. The van der Waals surface area contributed by atoms with Gasteiger partial charge in [0.05, 0.1) is 5.71 Å². The first-order chi connectivity index (χ1) is 18.0. The topological polar surface area (TPSA) is 71.0 Å². The number of hydrogen-bond donors (Lipinski definition) is 1. The molecule has 0 radical (unpaired) electrons. The number of nitrogens with zero attached hydrogens (tertiary/aromatic N) is 2. The number of carbonyl (C=O) groups is 2. The van der Waals surface area contributed by atoms with E-state index in [-0.39, 0.29) is 41.2 Å². The van der Waals surface area contributed by atoms with Crippen molar-refractivity contribution in [3.05, 3.63) is 11.6 Å². The summed E-state index contributed by atoms with van der Waals surface area (Å²) in [5, 5.41) is 7.24. The van der Waals surface area contributed by atoms with E-state index in [4.69, 9.17) is 4.84 Å². The Morgan fingerprint density at radius 2 is 1.82 bits per heavy atom. The Hall–Kier alpha value is -1.90. The third kappa shape index (κ3) is 6.38. The third-order valence-corrected chi connectivity index (χ3v) is 10.4. The maximum atomic E-state index is 13.2. The van der Waals surface area contributed by atoms with Gasteiger partial charge in [0.1, 0.15) is 6.54 Å². The van der Waals surface area contributed by atoms with Crippen LogP contribution in [-0.2, 0) is 9.63 Å². The monoisotopic (exact) mass is 553 g/mol. The standard InChI is InChI=1S/C30H46F3N3O3/c1-19(35-39-26(38)36(18-30(31,32)33)16-15-34-27(2,3)4)23-9-10-24-22-8-7-20-17-21(37)11-13-28(20,5)25(22)12-14-29(23,24)6/h17,22-25,34H,7-16,18H2,1-6H3/b35-19+/t22-,23+,24-,25-,28-,29+/m0/s1. The Labute approximate surface area is 231 Å². The third-order valence-electron chi connectivity index (χ3n) is 10.4. The summed E-state index contributed by atoms with van der Waals surface area (Å²) in [6.07, 6.45) is 4.17. The van der Waals surface area contributed by atoms with E-state index >= 15 is 0 Å². The van der Waals surface area contributed by atoms with Crippen LogP contribution in [0.3, 0.4) is 0 Å². The normalized spacial score (nSPS) is 35.1. The van der Waals surface area contributed by atoms with Gasteiger partial charge in [-0.05, 0) is 107 Å². The van der Waals surface area contributed by atoms with Crippen molar-refractivity contribution in [2.45, 2.75) is 105 Å². The van der Waals surface area contributed by atoms with Crippen molar-refractivity contribution >= 4 is 17.6 Å². The predicted molar refractivity (Wildman–Crippen MR) is 145 cm³/mol.